The van der Waals surface area contributed by atoms with E-state index < -0.39 is 0 Å². The summed E-state index contributed by atoms with van der Waals surface area (Å²) in [5.41, 5.74) is 2.47. The van der Waals surface area contributed by atoms with E-state index in [-0.39, 0.29) is 29.6 Å². The lowest BCUT2D eigenvalue weighted by atomic mass is 9.88. The molecule has 1 N–H and O–H groups in total. The molecule has 2 bridgehead atoms. The van der Waals surface area contributed by atoms with Crippen molar-refractivity contribution in [3.05, 3.63) is 66.0 Å². The van der Waals surface area contributed by atoms with Crippen LogP contribution >= 0.6 is 0 Å². The summed E-state index contributed by atoms with van der Waals surface area (Å²) < 4.78 is 9.53. The maximum Gasteiger partial charge on any atom is 0.272 e. The van der Waals surface area contributed by atoms with Crippen LogP contribution in [0.25, 0.3) is 0 Å². The van der Waals surface area contributed by atoms with Gasteiger partial charge in [-0.05, 0) is 36.6 Å². The summed E-state index contributed by atoms with van der Waals surface area (Å²) >= 11 is 0. The molecular weight excluding hydrogens is 498 g/mol. The Morgan fingerprint density at radius 3 is 2.72 bits per heavy atom. The summed E-state index contributed by atoms with van der Waals surface area (Å²) in [5, 5.41) is 7.24. The first kappa shape index (κ1) is 26.5. The smallest absolute Gasteiger partial charge is 0.272 e. The number of ether oxygens (including phenoxy) is 1. The molecule has 11 heteroatoms. The van der Waals surface area contributed by atoms with Gasteiger partial charge >= 0.3 is 0 Å². The van der Waals surface area contributed by atoms with Gasteiger partial charge in [0.1, 0.15) is 18.1 Å². The molecular formula is C28H35N7O4. The second-order valence-electron chi connectivity index (χ2n) is 10.2. The van der Waals surface area contributed by atoms with Crippen LogP contribution in [-0.4, -0.2) is 86.2 Å². The highest BCUT2D eigenvalue weighted by atomic mass is 16.5. The Balaban J connectivity index is 1.30. The van der Waals surface area contributed by atoms with Crippen LogP contribution in [0, 0.1) is 5.92 Å². The molecule has 1 saturated heterocycles. The number of aryl methyl sites for hydroxylation is 3. The number of aromatic nitrogens is 4. The maximum absolute atomic E-state index is 13.4. The zero-order valence-electron chi connectivity index (χ0n) is 22.5. The van der Waals surface area contributed by atoms with Gasteiger partial charge in [0.05, 0.1) is 25.0 Å². The van der Waals surface area contributed by atoms with E-state index in [1.807, 2.05) is 42.3 Å². The fraction of sp³-hybridized carbons (Fsp3) is 0.464. The van der Waals surface area contributed by atoms with Crippen molar-refractivity contribution in [3.8, 4) is 5.75 Å². The van der Waals surface area contributed by atoms with E-state index in [4.69, 9.17) is 4.74 Å². The van der Waals surface area contributed by atoms with Crippen LogP contribution in [0.2, 0.25) is 0 Å². The maximum atomic E-state index is 13.4. The van der Waals surface area contributed by atoms with E-state index in [2.05, 4.69) is 15.4 Å². The minimum Gasteiger partial charge on any atom is -0.492 e. The SMILES string of the molecule is Cn1cncc1C(=O)N1CCCNC(=O)[C@H]2CN(C(=O)CCc3ccnn3C)C[C@@H]2c2cccc(c2)OCC1. The molecule has 0 spiro atoms. The van der Waals surface area contributed by atoms with Crippen molar-refractivity contribution >= 4 is 17.7 Å². The minimum absolute atomic E-state index is 0.0335. The second-order valence-corrected chi connectivity index (χ2v) is 10.2. The minimum atomic E-state index is -0.365. The molecule has 0 saturated carbocycles. The van der Waals surface area contributed by atoms with Crippen LogP contribution in [0.15, 0.2) is 49.1 Å². The average Bonchev–Trinajstić information content (AvgIpc) is 3.67. The Labute approximate surface area is 227 Å². The lowest BCUT2D eigenvalue weighted by molar-refractivity contribution is -0.130. The van der Waals surface area contributed by atoms with Crippen molar-refractivity contribution in [1.82, 2.24) is 34.4 Å². The molecule has 3 aromatic rings. The van der Waals surface area contributed by atoms with Gasteiger partial charge in [-0.3, -0.25) is 19.1 Å². The van der Waals surface area contributed by atoms with Gasteiger partial charge in [-0.2, -0.15) is 5.10 Å². The van der Waals surface area contributed by atoms with Crippen LogP contribution in [0.5, 0.6) is 5.75 Å². The number of likely N-dealkylation sites (tertiary alicyclic amines) is 1. The van der Waals surface area contributed by atoms with Gasteiger partial charge in [-0.1, -0.05) is 12.1 Å². The summed E-state index contributed by atoms with van der Waals surface area (Å²) in [7, 11) is 3.66. The molecule has 5 rings (SSSR count). The van der Waals surface area contributed by atoms with E-state index in [9.17, 15) is 14.4 Å². The number of benzene rings is 1. The molecule has 2 atom stereocenters. The number of nitrogens with one attached hydrogen (secondary N) is 1. The van der Waals surface area contributed by atoms with Crippen LogP contribution in [0.3, 0.4) is 0 Å². The molecule has 2 aromatic heterocycles. The Morgan fingerprint density at radius 2 is 1.95 bits per heavy atom. The van der Waals surface area contributed by atoms with Crippen molar-refractivity contribution in [1.29, 1.82) is 0 Å². The van der Waals surface area contributed by atoms with Crippen LogP contribution in [0.4, 0.5) is 0 Å². The Morgan fingerprint density at radius 1 is 1.10 bits per heavy atom. The molecule has 11 nitrogen and oxygen atoms in total. The van der Waals surface area contributed by atoms with Crippen LogP contribution in [-0.2, 0) is 30.1 Å². The van der Waals surface area contributed by atoms with Gasteiger partial charge in [0, 0.05) is 64.5 Å². The molecule has 4 heterocycles. The highest BCUT2D eigenvalue weighted by molar-refractivity contribution is 5.92. The number of nitrogens with zero attached hydrogens (tertiary/aromatic N) is 6. The number of amides is 3. The molecule has 3 amide bonds. The monoisotopic (exact) mass is 533 g/mol. The lowest BCUT2D eigenvalue weighted by Gasteiger charge is -2.24. The first-order valence-electron chi connectivity index (χ1n) is 13.4. The van der Waals surface area contributed by atoms with Crippen LogP contribution in [0.1, 0.15) is 40.5 Å². The Hall–Kier alpha value is -4.15. The molecule has 1 aromatic carbocycles. The summed E-state index contributed by atoms with van der Waals surface area (Å²) in [4.78, 5) is 47.3. The fourth-order valence-corrected chi connectivity index (χ4v) is 5.41. The van der Waals surface area contributed by atoms with Crippen molar-refractivity contribution < 1.29 is 19.1 Å². The van der Waals surface area contributed by atoms with Crippen molar-refractivity contribution in [2.24, 2.45) is 20.0 Å². The van der Waals surface area contributed by atoms with Gasteiger partial charge in [0.25, 0.3) is 5.91 Å². The third kappa shape index (κ3) is 5.97. The largest absolute Gasteiger partial charge is 0.492 e. The van der Waals surface area contributed by atoms with Gasteiger partial charge in [0.15, 0.2) is 0 Å². The summed E-state index contributed by atoms with van der Waals surface area (Å²) in [5.74, 6) is 0.0246. The van der Waals surface area contributed by atoms with E-state index >= 15 is 0 Å². The fourth-order valence-electron chi connectivity index (χ4n) is 5.41. The molecule has 0 aliphatic carbocycles. The topological polar surface area (TPSA) is 115 Å². The van der Waals surface area contributed by atoms with Gasteiger partial charge in [-0.15, -0.1) is 0 Å². The number of fused-ring (bicyclic) bond motifs is 4. The van der Waals surface area contributed by atoms with Gasteiger partial charge < -0.3 is 24.4 Å². The van der Waals surface area contributed by atoms with Gasteiger partial charge in [0.2, 0.25) is 11.8 Å². The second kappa shape index (κ2) is 11.7. The number of hydrogen-bond acceptors (Lipinski definition) is 6. The third-order valence-corrected chi connectivity index (χ3v) is 7.67. The molecule has 2 aliphatic heterocycles. The molecule has 0 unspecified atom stereocenters. The molecule has 2 aliphatic rings. The summed E-state index contributed by atoms with van der Waals surface area (Å²) in [6.45, 7) is 2.52. The first-order valence-corrected chi connectivity index (χ1v) is 13.4. The molecule has 1 fully saturated rings. The number of rotatable bonds is 4. The van der Waals surface area contributed by atoms with E-state index in [1.165, 1.54) is 0 Å². The highest BCUT2D eigenvalue weighted by Crippen LogP contribution is 2.35. The standard InChI is InChI=1S/C28H35N7O4/c1-32-19-29-16-25(32)28(38)34-12-4-10-30-27(37)24-18-35(26(36)8-7-21-9-11-31-33(21)2)17-23(24)20-5-3-6-22(15-20)39-14-13-34/h3,5-6,9,11,15-16,19,23-24H,4,7-8,10,12-14,17-18H2,1-2H3,(H,30,37)/t23-,24+/m1/s1. The molecule has 39 heavy (non-hydrogen) atoms. The van der Waals surface area contributed by atoms with Crippen molar-refractivity contribution in [2.75, 3.05) is 39.3 Å². The van der Waals surface area contributed by atoms with E-state index in [0.717, 1.165) is 11.3 Å². The first-order chi connectivity index (χ1) is 18.9. The number of hydrogen-bond donors (Lipinski definition) is 1. The number of carbonyl (C=O) groups is 3. The quantitative estimate of drug-likeness (QED) is 0.542. The number of carbonyl (C=O) groups excluding carboxylic acids is 3. The summed E-state index contributed by atoms with van der Waals surface area (Å²) in [6.07, 6.45) is 6.46. The normalized spacial score (nSPS) is 20.1. The molecule has 206 valence electrons. The van der Waals surface area contributed by atoms with E-state index in [1.54, 1.807) is 39.9 Å². The Bertz CT molecular complexity index is 1330. The average molecular weight is 534 g/mol. The third-order valence-electron chi connectivity index (χ3n) is 7.67. The van der Waals surface area contributed by atoms with Crippen LogP contribution < -0.4 is 10.1 Å². The van der Waals surface area contributed by atoms with Gasteiger partial charge in [-0.25, -0.2) is 4.98 Å². The zero-order valence-corrected chi connectivity index (χ0v) is 22.5. The summed E-state index contributed by atoms with van der Waals surface area (Å²) in [6, 6.07) is 9.65. The van der Waals surface area contributed by atoms with Crippen molar-refractivity contribution in [2.45, 2.75) is 25.2 Å². The Kier molecular flexibility index (Phi) is 7.94. The lowest BCUT2D eigenvalue weighted by Crippen LogP contribution is -2.39. The highest BCUT2D eigenvalue weighted by Gasteiger charge is 2.40. The predicted molar refractivity (Wildman–Crippen MR) is 143 cm³/mol. The number of imidazole rings is 1. The van der Waals surface area contributed by atoms with Crippen molar-refractivity contribution in [3.63, 3.8) is 0 Å². The zero-order chi connectivity index (χ0) is 27.4. The predicted octanol–water partition coefficient (Wildman–Crippen LogP) is 1.37. The van der Waals surface area contributed by atoms with E-state index in [0.29, 0.717) is 70.0 Å². The molecule has 0 radical (unpaired) electrons.